The van der Waals surface area contributed by atoms with Crippen LogP contribution in [0.4, 0.5) is 0 Å². The molecule has 0 aliphatic heterocycles. The normalized spacial score (nSPS) is 11.3. The molecule has 0 fully saturated rings. The maximum absolute atomic E-state index is 9.78. The Kier molecular flexibility index (Phi) is 11.0. The number of hydrogen-bond acceptors (Lipinski definition) is 4. The van der Waals surface area contributed by atoms with E-state index in [1.54, 1.807) is 50.3 Å². The molecular formula is C32H42O4. The Hall–Kier alpha value is -3.50. The fourth-order valence-electron chi connectivity index (χ4n) is 2.96. The zero-order valence-electron chi connectivity index (χ0n) is 23.2. The summed E-state index contributed by atoms with van der Waals surface area (Å²) in [5, 5.41) is 38.6. The van der Waals surface area contributed by atoms with Gasteiger partial charge in [0.1, 0.15) is 23.0 Å². The van der Waals surface area contributed by atoms with Crippen LogP contribution in [0.5, 0.6) is 23.0 Å². The van der Waals surface area contributed by atoms with Crippen molar-refractivity contribution in [2.24, 2.45) is 11.3 Å². The molecule has 0 saturated heterocycles. The third-order valence-electron chi connectivity index (χ3n) is 5.50. The molecule has 0 unspecified atom stereocenters. The van der Waals surface area contributed by atoms with Crippen LogP contribution in [0.3, 0.4) is 0 Å². The SMILES string of the molecule is Cc1c(O)cc(/C=C/C#CC(C)(C)C)cc1O.Cc1c(O)cc(C(C)(C)C#CCCC(C)C)cc1O. The quantitative estimate of drug-likeness (QED) is 0.333. The van der Waals surface area contributed by atoms with E-state index in [1.165, 1.54) is 0 Å². The highest BCUT2D eigenvalue weighted by Gasteiger charge is 2.20. The zero-order valence-corrected chi connectivity index (χ0v) is 23.2. The second-order valence-corrected chi connectivity index (χ2v) is 11.0. The smallest absolute Gasteiger partial charge is 0.122 e. The number of phenols is 4. The Morgan fingerprint density at radius 2 is 1.25 bits per heavy atom. The van der Waals surface area contributed by atoms with Crippen molar-refractivity contribution >= 4 is 6.08 Å². The summed E-state index contributed by atoms with van der Waals surface area (Å²) in [6.07, 6.45) is 5.45. The highest BCUT2D eigenvalue weighted by Crippen LogP contribution is 2.33. The van der Waals surface area contributed by atoms with Crippen molar-refractivity contribution in [1.29, 1.82) is 0 Å². The van der Waals surface area contributed by atoms with Gasteiger partial charge in [0, 0.05) is 23.0 Å². The Labute approximate surface area is 217 Å². The first kappa shape index (κ1) is 30.5. The molecule has 4 nitrogen and oxygen atoms in total. The molecule has 36 heavy (non-hydrogen) atoms. The fourth-order valence-corrected chi connectivity index (χ4v) is 2.96. The van der Waals surface area contributed by atoms with Crippen LogP contribution < -0.4 is 0 Å². The molecule has 0 heterocycles. The molecule has 4 heteroatoms. The molecular weight excluding hydrogens is 448 g/mol. The van der Waals surface area contributed by atoms with Crippen molar-refractivity contribution in [1.82, 2.24) is 0 Å². The minimum Gasteiger partial charge on any atom is -0.508 e. The summed E-state index contributed by atoms with van der Waals surface area (Å²) in [5.74, 6) is 13.5. The van der Waals surface area contributed by atoms with E-state index >= 15 is 0 Å². The van der Waals surface area contributed by atoms with Gasteiger partial charge in [-0.25, -0.2) is 0 Å². The Morgan fingerprint density at radius 3 is 1.69 bits per heavy atom. The molecule has 0 spiro atoms. The second kappa shape index (κ2) is 13.0. The lowest BCUT2D eigenvalue weighted by Gasteiger charge is -2.19. The summed E-state index contributed by atoms with van der Waals surface area (Å²) in [6.45, 7) is 17.8. The van der Waals surface area contributed by atoms with Crippen molar-refractivity contribution in [2.75, 3.05) is 0 Å². The van der Waals surface area contributed by atoms with E-state index in [0.717, 1.165) is 24.0 Å². The number of allylic oxidation sites excluding steroid dienone is 1. The van der Waals surface area contributed by atoms with Gasteiger partial charge in [0.15, 0.2) is 0 Å². The van der Waals surface area contributed by atoms with Gasteiger partial charge in [-0.1, -0.05) is 31.6 Å². The van der Waals surface area contributed by atoms with Gasteiger partial charge in [-0.05, 0) is 108 Å². The maximum atomic E-state index is 9.78. The summed E-state index contributed by atoms with van der Waals surface area (Å²) in [6, 6.07) is 6.58. The molecule has 0 atom stereocenters. The summed E-state index contributed by atoms with van der Waals surface area (Å²) < 4.78 is 0. The number of hydrogen-bond donors (Lipinski definition) is 4. The third-order valence-corrected chi connectivity index (χ3v) is 5.50. The van der Waals surface area contributed by atoms with E-state index in [9.17, 15) is 20.4 Å². The van der Waals surface area contributed by atoms with Crippen LogP contribution >= 0.6 is 0 Å². The summed E-state index contributed by atoms with van der Waals surface area (Å²) >= 11 is 0. The molecule has 2 aromatic carbocycles. The van der Waals surface area contributed by atoms with E-state index in [1.807, 2.05) is 34.6 Å². The summed E-state index contributed by atoms with van der Waals surface area (Å²) in [7, 11) is 0. The van der Waals surface area contributed by atoms with Crippen LogP contribution in [0, 0.1) is 48.9 Å². The van der Waals surface area contributed by atoms with Gasteiger partial charge in [-0.2, -0.15) is 0 Å². The average Bonchev–Trinajstić information content (AvgIpc) is 2.75. The largest absolute Gasteiger partial charge is 0.508 e. The first-order valence-corrected chi connectivity index (χ1v) is 12.3. The number of aromatic hydroxyl groups is 4. The zero-order chi connectivity index (χ0) is 27.7. The molecule has 0 aliphatic rings. The number of benzene rings is 2. The Balaban J connectivity index is 0.000000362. The van der Waals surface area contributed by atoms with Gasteiger partial charge in [0.2, 0.25) is 0 Å². The predicted molar refractivity (Wildman–Crippen MR) is 150 cm³/mol. The van der Waals surface area contributed by atoms with E-state index in [0.29, 0.717) is 17.0 Å². The van der Waals surface area contributed by atoms with Crippen molar-refractivity contribution in [2.45, 2.75) is 80.6 Å². The first-order valence-electron chi connectivity index (χ1n) is 12.3. The van der Waals surface area contributed by atoms with Crippen LogP contribution in [-0.2, 0) is 5.41 Å². The van der Waals surface area contributed by atoms with Crippen LogP contribution in [0.1, 0.15) is 83.6 Å². The van der Waals surface area contributed by atoms with Crippen molar-refractivity contribution in [3.05, 3.63) is 52.6 Å². The molecule has 4 N–H and O–H groups in total. The molecule has 194 valence electrons. The van der Waals surface area contributed by atoms with Crippen molar-refractivity contribution in [3.8, 4) is 46.7 Å². The van der Waals surface area contributed by atoms with Gasteiger partial charge in [0.05, 0.1) is 5.41 Å². The summed E-state index contributed by atoms with van der Waals surface area (Å²) in [4.78, 5) is 0. The molecule has 2 rings (SSSR count). The average molecular weight is 491 g/mol. The lowest BCUT2D eigenvalue weighted by atomic mass is 9.84. The Morgan fingerprint density at radius 1 is 0.778 bits per heavy atom. The lowest BCUT2D eigenvalue weighted by Crippen LogP contribution is -2.14. The van der Waals surface area contributed by atoms with Crippen LogP contribution in [0.25, 0.3) is 6.08 Å². The van der Waals surface area contributed by atoms with Gasteiger partial charge >= 0.3 is 0 Å². The highest BCUT2D eigenvalue weighted by molar-refractivity contribution is 5.59. The first-order chi connectivity index (χ1) is 16.5. The molecule has 2 aromatic rings. The molecule has 0 radical (unpaired) electrons. The van der Waals surface area contributed by atoms with E-state index in [4.69, 9.17) is 0 Å². The van der Waals surface area contributed by atoms with Crippen molar-refractivity contribution < 1.29 is 20.4 Å². The number of rotatable bonds is 4. The van der Waals surface area contributed by atoms with Gasteiger partial charge in [-0.3, -0.25) is 0 Å². The molecule has 0 aliphatic carbocycles. The van der Waals surface area contributed by atoms with Crippen LogP contribution in [-0.4, -0.2) is 20.4 Å². The maximum Gasteiger partial charge on any atom is 0.122 e. The molecule has 0 bridgehead atoms. The third kappa shape index (κ3) is 10.4. The topological polar surface area (TPSA) is 80.9 Å². The van der Waals surface area contributed by atoms with E-state index in [-0.39, 0.29) is 33.8 Å². The highest BCUT2D eigenvalue weighted by atomic mass is 16.3. The Bertz CT molecular complexity index is 1140. The van der Waals surface area contributed by atoms with E-state index in [2.05, 4.69) is 37.5 Å². The predicted octanol–water partition coefficient (Wildman–Crippen LogP) is 7.59. The van der Waals surface area contributed by atoms with Gasteiger partial charge < -0.3 is 20.4 Å². The monoisotopic (exact) mass is 490 g/mol. The van der Waals surface area contributed by atoms with E-state index < -0.39 is 0 Å². The minimum atomic E-state index is -0.375. The summed E-state index contributed by atoms with van der Waals surface area (Å²) in [5.41, 5.74) is 2.16. The van der Waals surface area contributed by atoms with Crippen LogP contribution in [0.2, 0.25) is 0 Å². The molecule has 0 aromatic heterocycles. The standard InChI is InChI=1S/C17H24O2.C15H18O2/c1-12(2)8-6-7-9-17(4,5)14-10-15(18)13(3)16(19)11-14;1-11-13(16)9-12(10-14(11)17)7-5-6-8-15(2,3)4/h10-12,18-19H,6,8H2,1-5H3;5,7,9-10,16-17H,1-4H3/b;7-5+. The fraction of sp³-hybridized carbons (Fsp3) is 0.438. The second-order valence-electron chi connectivity index (χ2n) is 11.0. The molecule has 0 amide bonds. The minimum absolute atomic E-state index is 0.0259. The van der Waals surface area contributed by atoms with Crippen molar-refractivity contribution in [3.63, 3.8) is 0 Å². The molecule has 0 saturated carbocycles. The lowest BCUT2D eigenvalue weighted by molar-refractivity contribution is 0.439. The number of phenolic OH excluding ortho intramolecular Hbond substituents is 4. The van der Waals surface area contributed by atoms with Gasteiger partial charge in [0.25, 0.3) is 0 Å². The van der Waals surface area contributed by atoms with Gasteiger partial charge in [-0.15, -0.1) is 5.92 Å². The van der Waals surface area contributed by atoms with Crippen LogP contribution in [0.15, 0.2) is 30.3 Å².